The highest BCUT2D eigenvalue weighted by Gasteiger charge is 2.27. The van der Waals surface area contributed by atoms with Crippen molar-refractivity contribution >= 4 is 15.9 Å². The third kappa shape index (κ3) is 4.68. The highest BCUT2D eigenvalue weighted by Crippen LogP contribution is 2.25. The van der Waals surface area contributed by atoms with E-state index in [1.54, 1.807) is 7.11 Å². The summed E-state index contributed by atoms with van der Waals surface area (Å²) >= 11 is 3.64. The first-order valence-corrected chi connectivity index (χ1v) is 8.29. The van der Waals surface area contributed by atoms with Crippen LogP contribution in [-0.2, 0) is 11.2 Å². The van der Waals surface area contributed by atoms with Crippen molar-refractivity contribution in [2.24, 2.45) is 0 Å². The number of likely N-dealkylation sites (N-methyl/N-ethyl adjacent to an activating group) is 2. The fraction of sp³-hybridized carbons (Fsp3) is 0.625. The van der Waals surface area contributed by atoms with E-state index in [0.717, 1.165) is 42.9 Å². The first kappa shape index (κ1) is 16.7. The number of halogens is 1. The van der Waals surface area contributed by atoms with Gasteiger partial charge < -0.3 is 19.7 Å². The average molecular weight is 357 g/mol. The lowest BCUT2D eigenvalue weighted by molar-refractivity contribution is -0.0381. The summed E-state index contributed by atoms with van der Waals surface area (Å²) in [6.45, 7) is 5.87. The largest absolute Gasteiger partial charge is 0.497 e. The standard InChI is InChI=1S/C16H25BrN2O2/c1-4-18-15(16-11-19(2)7-8-21-16)10-12-9-13(20-3)5-6-14(12)17/h5-6,9,15-16,18H,4,7-8,10-11H2,1-3H3. The smallest absolute Gasteiger partial charge is 0.119 e. The maximum Gasteiger partial charge on any atom is 0.119 e. The monoisotopic (exact) mass is 356 g/mol. The Kier molecular flexibility index (Phi) is 6.48. The molecule has 0 aliphatic carbocycles. The molecule has 1 heterocycles. The number of nitrogens with zero attached hydrogens (tertiary/aromatic N) is 1. The fourth-order valence-electron chi connectivity index (χ4n) is 2.72. The Morgan fingerprint density at radius 1 is 1.52 bits per heavy atom. The van der Waals surface area contributed by atoms with E-state index in [9.17, 15) is 0 Å². The predicted octanol–water partition coefficient (Wildman–Crippen LogP) is 2.31. The molecule has 1 aromatic carbocycles. The molecule has 2 rings (SSSR count). The molecule has 1 aliphatic rings. The third-order valence-corrected chi connectivity index (χ3v) is 4.68. The van der Waals surface area contributed by atoms with Gasteiger partial charge in [0.05, 0.1) is 19.8 Å². The number of morpholine rings is 1. The van der Waals surface area contributed by atoms with Gasteiger partial charge in [-0.2, -0.15) is 0 Å². The van der Waals surface area contributed by atoms with Crippen LogP contribution < -0.4 is 10.1 Å². The molecule has 0 amide bonds. The second-order valence-electron chi connectivity index (χ2n) is 5.50. The minimum Gasteiger partial charge on any atom is -0.497 e. The topological polar surface area (TPSA) is 33.7 Å². The molecular weight excluding hydrogens is 332 g/mol. The van der Waals surface area contributed by atoms with Crippen LogP contribution in [0, 0.1) is 0 Å². The molecule has 0 radical (unpaired) electrons. The molecule has 1 saturated heterocycles. The summed E-state index contributed by atoms with van der Waals surface area (Å²) in [6, 6.07) is 6.42. The van der Waals surface area contributed by atoms with Gasteiger partial charge in [0, 0.05) is 23.6 Å². The Bertz CT molecular complexity index is 456. The number of ether oxygens (including phenoxy) is 2. The molecule has 4 nitrogen and oxygen atoms in total. The Balaban J connectivity index is 2.11. The first-order valence-electron chi connectivity index (χ1n) is 7.50. The van der Waals surface area contributed by atoms with Crippen molar-refractivity contribution in [3.63, 3.8) is 0 Å². The Morgan fingerprint density at radius 2 is 2.33 bits per heavy atom. The number of hydrogen-bond acceptors (Lipinski definition) is 4. The molecule has 1 aliphatic heterocycles. The van der Waals surface area contributed by atoms with Crippen LogP contribution in [0.2, 0.25) is 0 Å². The van der Waals surface area contributed by atoms with Gasteiger partial charge in [0.1, 0.15) is 5.75 Å². The molecule has 5 heteroatoms. The summed E-state index contributed by atoms with van der Waals surface area (Å²) < 4.78 is 12.4. The SMILES string of the molecule is CCNC(Cc1cc(OC)ccc1Br)C1CN(C)CCO1. The van der Waals surface area contributed by atoms with E-state index in [4.69, 9.17) is 9.47 Å². The van der Waals surface area contributed by atoms with Crippen molar-refractivity contribution in [2.45, 2.75) is 25.5 Å². The summed E-state index contributed by atoms with van der Waals surface area (Å²) in [7, 11) is 3.86. The van der Waals surface area contributed by atoms with Crippen molar-refractivity contribution in [3.8, 4) is 5.75 Å². The van der Waals surface area contributed by atoms with E-state index in [1.165, 1.54) is 5.56 Å². The van der Waals surface area contributed by atoms with E-state index in [-0.39, 0.29) is 6.10 Å². The van der Waals surface area contributed by atoms with Gasteiger partial charge in [0.25, 0.3) is 0 Å². The number of benzene rings is 1. The van der Waals surface area contributed by atoms with Crippen LogP contribution in [0.25, 0.3) is 0 Å². The summed E-state index contributed by atoms with van der Waals surface area (Å²) in [5.74, 6) is 0.894. The zero-order chi connectivity index (χ0) is 15.2. The molecule has 0 bridgehead atoms. The van der Waals surface area contributed by atoms with Crippen LogP contribution >= 0.6 is 15.9 Å². The maximum atomic E-state index is 5.98. The summed E-state index contributed by atoms with van der Waals surface area (Å²) in [6.07, 6.45) is 1.14. The number of hydrogen-bond donors (Lipinski definition) is 1. The lowest BCUT2D eigenvalue weighted by atomic mass is 9.99. The zero-order valence-electron chi connectivity index (χ0n) is 13.1. The molecule has 2 unspecified atom stereocenters. The van der Waals surface area contributed by atoms with Crippen LogP contribution in [0.1, 0.15) is 12.5 Å². The van der Waals surface area contributed by atoms with Gasteiger partial charge in [-0.05, 0) is 43.8 Å². The summed E-state index contributed by atoms with van der Waals surface area (Å²) in [5, 5.41) is 3.57. The second kappa shape index (κ2) is 8.13. The predicted molar refractivity (Wildman–Crippen MR) is 89.1 cm³/mol. The van der Waals surface area contributed by atoms with Gasteiger partial charge in [-0.1, -0.05) is 22.9 Å². The lowest BCUT2D eigenvalue weighted by Crippen LogP contribution is -2.52. The Morgan fingerprint density at radius 3 is 3.00 bits per heavy atom. The lowest BCUT2D eigenvalue weighted by Gasteiger charge is -2.35. The molecule has 0 saturated carbocycles. The van der Waals surface area contributed by atoms with Crippen LogP contribution in [0.15, 0.2) is 22.7 Å². The van der Waals surface area contributed by atoms with Gasteiger partial charge in [0.15, 0.2) is 0 Å². The van der Waals surface area contributed by atoms with Crippen LogP contribution in [-0.4, -0.2) is 57.4 Å². The van der Waals surface area contributed by atoms with Crippen molar-refractivity contribution < 1.29 is 9.47 Å². The Labute approximate surface area is 135 Å². The fourth-order valence-corrected chi connectivity index (χ4v) is 3.13. The number of methoxy groups -OCH3 is 1. The van der Waals surface area contributed by atoms with Gasteiger partial charge in [-0.25, -0.2) is 0 Å². The average Bonchev–Trinajstić information content (AvgIpc) is 2.49. The molecule has 0 spiro atoms. The molecule has 1 N–H and O–H groups in total. The highest BCUT2D eigenvalue weighted by molar-refractivity contribution is 9.10. The minimum absolute atomic E-state index is 0.224. The van der Waals surface area contributed by atoms with Crippen molar-refractivity contribution in [1.82, 2.24) is 10.2 Å². The van der Waals surface area contributed by atoms with Crippen molar-refractivity contribution in [1.29, 1.82) is 0 Å². The quantitative estimate of drug-likeness (QED) is 0.847. The van der Waals surface area contributed by atoms with E-state index in [0.29, 0.717) is 6.04 Å². The van der Waals surface area contributed by atoms with E-state index < -0.39 is 0 Å². The maximum absolute atomic E-state index is 5.98. The van der Waals surface area contributed by atoms with Gasteiger partial charge in [-0.3, -0.25) is 0 Å². The summed E-state index contributed by atoms with van der Waals surface area (Å²) in [4.78, 5) is 2.33. The zero-order valence-corrected chi connectivity index (χ0v) is 14.6. The summed E-state index contributed by atoms with van der Waals surface area (Å²) in [5.41, 5.74) is 1.25. The number of rotatable bonds is 6. The van der Waals surface area contributed by atoms with Crippen LogP contribution in [0.3, 0.4) is 0 Å². The van der Waals surface area contributed by atoms with E-state index >= 15 is 0 Å². The van der Waals surface area contributed by atoms with E-state index in [2.05, 4.69) is 46.2 Å². The molecule has 0 aromatic heterocycles. The molecule has 118 valence electrons. The molecule has 21 heavy (non-hydrogen) atoms. The molecule has 2 atom stereocenters. The van der Waals surface area contributed by atoms with Crippen molar-refractivity contribution in [3.05, 3.63) is 28.2 Å². The minimum atomic E-state index is 0.224. The molecule has 1 fully saturated rings. The second-order valence-corrected chi connectivity index (χ2v) is 6.35. The molecular formula is C16H25BrN2O2. The van der Waals surface area contributed by atoms with Crippen LogP contribution in [0.5, 0.6) is 5.75 Å². The van der Waals surface area contributed by atoms with Gasteiger partial charge in [-0.15, -0.1) is 0 Å². The third-order valence-electron chi connectivity index (χ3n) is 3.90. The van der Waals surface area contributed by atoms with Crippen molar-refractivity contribution in [2.75, 3.05) is 40.4 Å². The van der Waals surface area contributed by atoms with Crippen LogP contribution in [0.4, 0.5) is 0 Å². The van der Waals surface area contributed by atoms with Gasteiger partial charge in [0.2, 0.25) is 0 Å². The normalized spacial score (nSPS) is 21.2. The first-order chi connectivity index (χ1) is 10.1. The molecule has 1 aromatic rings. The van der Waals surface area contributed by atoms with Gasteiger partial charge >= 0.3 is 0 Å². The Hall–Kier alpha value is -0.620. The number of nitrogens with one attached hydrogen (secondary N) is 1. The van der Waals surface area contributed by atoms with E-state index in [1.807, 2.05) is 12.1 Å². The highest BCUT2D eigenvalue weighted by atomic mass is 79.9.